The molecular weight excluding hydrogens is 246 g/mol. The highest BCUT2D eigenvalue weighted by molar-refractivity contribution is 6.36. The second kappa shape index (κ2) is 4.77. The van der Waals surface area contributed by atoms with E-state index in [0.717, 1.165) is 34.5 Å². The summed E-state index contributed by atoms with van der Waals surface area (Å²) in [5, 5.41) is 1.89. The van der Waals surface area contributed by atoms with Crippen molar-refractivity contribution in [1.29, 1.82) is 0 Å². The van der Waals surface area contributed by atoms with E-state index in [0.29, 0.717) is 6.61 Å². The van der Waals surface area contributed by atoms with Crippen molar-refractivity contribution in [3.63, 3.8) is 0 Å². The smallest absolute Gasteiger partial charge is 0.120 e. The summed E-state index contributed by atoms with van der Waals surface area (Å²) in [4.78, 5) is 4.74. The Balaban J connectivity index is 2.19. The maximum Gasteiger partial charge on any atom is 0.120 e. The molecule has 0 spiro atoms. The fraction of sp³-hybridized carbons (Fsp3) is 0.400. The Hall–Kier alpha value is -1.28. The third-order valence-electron chi connectivity index (χ3n) is 3.47. The molecule has 0 radical (unpaired) electrons. The Kier molecular flexibility index (Phi) is 3.13. The summed E-state index contributed by atoms with van der Waals surface area (Å²) in [6, 6.07) is 5.97. The van der Waals surface area contributed by atoms with Gasteiger partial charge in [0.2, 0.25) is 0 Å². The predicted octanol–water partition coefficient (Wildman–Crippen LogP) is 4.17. The van der Waals surface area contributed by atoms with E-state index in [1.807, 2.05) is 25.1 Å². The van der Waals surface area contributed by atoms with Crippen LogP contribution in [-0.4, -0.2) is 11.6 Å². The van der Waals surface area contributed by atoms with E-state index in [1.54, 1.807) is 0 Å². The minimum Gasteiger partial charge on any atom is -0.494 e. The molecule has 1 aliphatic rings. The lowest BCUT2D eigenvalue weighted by atomic mass is 9.94. The van der Waals surface area contributed by atoms with E-state index >= 15 is 0 Å². The van der Waals surface area contributed by atoms with Gasteiger partial charge in [0, 0.05) is 11.1 Å². The van der Waals surface area contributed by atoms with Gasteiger partial charge in [-0.15, -0.1) is 0 Å². The quantitative estimate of drug-likeness (QED) is 0.810. The average molecular weight is 262 g/mol. The van der Waals surface area contributed by atoms with E-state index in [4.69, 9.17) is 21.3 Å². The van der Waals surface area contributed by atoms with Crippen LogP contribution in [0, 0.1) is 0 Å². The van der Waals surface area contributed by atoms with E-state index in [2.05, 4.69) is 0 Å². The van der Waals surface area contributed by atoms with Crippen molar-refractivity contribution in [3.05, 3.63) is 34.5 Å². The first-order chi connectivity index (χ1) is 8.79. The normalized spacial score (nSPS) is 14.6. The second-order valence-electron chi connectivity index (χ2n) is 4.67. The van der Waals surface area contributed by atoms with E-state index < -0.39 is 0 Å². The molecular formula is C15H16ClNO. The maximum absolute atomic E-state index is 6.54. The summed E-state index contributed by atoms with van der Waals surface area (Å²) in [5.41, 5.74) is 3.40. The Labute approximate surface area is 112 Å². The molecule has 2 aromatic rings. The third-order valence-corrected chi connectivity index (χ3v) is 3.91. The lowest BCUT2D eigenvalue weighted by Crippen LogP contribution is -2.06. The molecule has 18 heavy (non-hydrogen) atoms. The van der Waals surface area contributed by atoms with Crippen LogP contribution in [0.25, 0.3) is 10.9 Å². The van der Waals surface area contributed by atoms with Gasteiger partial charge in [0.1, 0.15) is 5.75 Å². The van der Waals surface area contributed by atoms with Gasteiger partial charge >= 0.3 is 0 Å². The van der Waals surface area contributed by atoms with Crippen molar-refractivity contribution in [2.45, 2.75) is 32.6 Å². The molecule has 0 fully saturated rings. The molecule has 1 aromatic heterocycles. The highest BCUT2D eigenvalue weighted by atomic mass is 35.5. The number of aromatic nitrogens is 1. The van der Waals surface area contributed by atoms with Crippen molar-refractivity contribution in [3.8, 4) is 5.75 Å². The van der Waals surface area contributed by atoms with Gasteiger partial charge in [-0.25, -0.2) is 0 Å². The first-order valence-electron chi connectivity index (χ1n) is 6.53. The Bertz CT molecular complexity index is 595. The number of halogens is 1. The topological polar surface area (TPSA) is 22.1 Å². The van der Waals surface area contributed by atoms with Crippen LogP contribution in [0.5, 0.6) is 5.75 Å². The molecule has 0 bridgehead atoms. The van der Waals surface area contributed by atoms with E-state index in [1.165, 1.54) is 24.1 Å². The van der Waals surface area contributed by atoms with Crippen LogP contribution < -0.4 is 4.74 Å². The third kappa shape index (κ3) is 1.95. The number of ether oxygens (including phenoxy) is 1. The molecule has 3 rings (SSSR count). The highest BCUT2D eigenvalue weighted by Gasteiger charge is 2.17. The van der Waals surface area contributed by atoms with Crippen LogP contribution in [-0.2, 0) is 12.8 Å². The summed E-state index contributed by atoms with van der Waals surface area (Å²) in [5.74, 6) is 0.865. The standard InChI is InChI=1S/C15H16ClNO/c1-2-18-10-7-8-14-12(9-10)15(16)11-5-3-4-6-13(11)17-14/h7-9H,2-6H2,1H3. The molecule has 0 atom stereocenters. The largest absolute Gasteiger partial charge is 0.494 e. The van der Waals surface area contributed by atoms with Gasteiger partial charge in [0.25, 0.3) is 0 Å². The first kappa shape index (κ1) is 11.8. The number of aryl methyl sites for hydroxylation is 1. The Morgan fingerprint density at radius 2 is 2.11 bits per heavy atom. The molecule has 0 saturated heterocycles. The fourth-order valence-corrected chi connectivity index (χ4v) is 2.96. The van der Waals surface area contributed by atoms with Crippen molar-refractivity contribution < 1.29 is 4.74 Å². The van der Waals surface area contributed by atoms with Crippen LogP contribution >= 0.6 is 11.6 Å². The van der Waals surface area contributed by atoms with Crippen LogP contribution in [0.3, 0.4) is 0 Å². The number of rotatable bonds is 2. The van der Waals surface area contributed by atoms with Gasteiger partial charge in [-0.1, -0.05) is 11.6 Å². The number of hydrogen-bond acceptors (Lipinski definition) is 2. The highest BCUT2D eigenvalue weighted by Crippen LogP contribution is 2.34. The lowest BCUT2D eigenvalue weighted by molar-refractivity contribution is 0.340. The SMILES string of the molecule is CCOc1ccc2nc3c(c(Cl)c2c1)CCCC3. The summed E-state index contributed by atoms with van der Waals surface area (Å²) in [6.07, 6.45) is 4.54. The van der Waals surface area contributed by atoms with Crippen molar-refractivity contribution in [1.82, 2.24) is 4.98 Å². The van der Waals surface area contributed by atoms with Gasteiger partial charge in [0.05, 0.1) is 17.1 Å². The van der Waals surface area contributed by atoms with Crippen molar-refractivity contribution in [2.75, 3.05) is 6.61 Å². The molecule has 1 heterocycles. The van der Waals surface area contributed by atoms with Crippen LogP contribution in [0.4, 0.5) is 0 Å². The number of hydrogen-bond donors (Lipinski definition) is 0. The van der Waals surface area contributed by atoms with Gasteiger partial charge in [-0.05, 0) is 56.4 Å². The summed E-state index contributed by atoms with van der Waals surface area (Å²) >= 11 is 6.54. The zero-order chi connectivity index (χ0) is 12.5. The second-order valence-corrected chi connectivity index (χ2v) is 5.05. The molecule has 0 unspecified atom stereocenters. The Morgan fingerprint density at radius 3 is 2.94 bits per heavy atom. The van der Waals surface area contributed by atoms with Crippen LogP contribution in [0.1, 0.15) is 31.0 Å². The summed E-state index contributed by atoms with van der Waals surface area (Å²) < 4.78 is 5.53. The maximum atomic E-state index is 6.54. The van der Waals surface area contributed by atoms with Gasteiger partial charge in [-0.3, -0.25) is 4.98 Å². The number of nitrogens with zero attached hydrogens (tertiary/aromatic N) is 1. The summed E-state index contributed by atoms with van der Waals surface area (Å²) in [7, 11) is 0. The zero-order valence-electron chi connectivity index (χ0n) is 10.5. The Morgan fingerprint density at radius 1 is 1.28 bits per heavy atom. The van der Waals surface area contributed by atoms with Crippen molar-refractivity contribution >= 4 is 22.5 Å². The molecule has 94 valence electrons. The zero-order valence-corrected chi connectivity index (χ0v) is 11.3. The molecule has 0 saturated carbocycles. The minimum absolute atomic E-state index is 0.668. The molecule has 1 aliphatic carbocycles. The molecule has 0 aliphatic heterocycles. The lowest BCUT2D eigenvalue weighted by Gasteiger charge is -2.18. The molecule has 2 nitrogen and oxygen atoms in total. The van der Waals surface area contributed by atoms with Crippen LogP contribution in [0.2, 0.25) is 5.02 Å². The van der Waals surface area contributed by atoms with Crippen LogP contribution in [0.15, 0.2) is 18.2 Å². The molecule has 0 N–H and O–H groups in total. The fourth-order valence-electron chi connectivity index (χ4n) is 2.60. The van der Waals surface area contributed by atoms with Gasteiger partial charge < -0.3 is 4.74 Å². The molecule has 1 aromatic carbocycles. The van der Waals surface area contributed by atoms with E-state index in [9.17, 15) is 0 Å². The average Bonchev–Trinajstić information content (AvgIpc) is 2.40. The monoisotopic (exact) mass is 261 g/mol. The van der Waals surface area contributed by atoms with E-state index in [-0.39, 0.29) is 0 Å². The number of fused-ring (bicyclic) bond motifs is 2. The number of benzene rings is 1. The molecule has 3 heteroatoms. The van der Waals surface area contributed by atoms with Gasteiger partial charge in [-0.2, -0.15) is 0 Å². The first-order valence-corrected chi connectivity index (χ1v) is 6.91. The number of pyridine rings is 1. The minimum atomic E-state index is 0.668. The summed E-state index contributed by atoms with van der Waals surface area (Å²) in [6.45, 7) is 2.65. The van der Waals surface area contributed by atoms with Gasteiger partial charge in [0.15, 0.2) is 0 Å². The molecule has 0 amide bonds. The van der Waals surface area contributed by atoms with Crippen molar-refractivity contribution in [2.24, 2.45) is 0 Å². The predicted molar refractivity (Wildman–Crippen MR) is 74.6 cm³/mol.